The van der Waals surface area contributed by atoms with Crippen molar-refractivity contribution in [3.63, 3.8) is 0 Å². The number of H-pyrrole nitrogens is 1. The standard InChI is InChI=1S/C23H31N5O6/c1-23(2,3)34-22(33)26-17(13-19(29)28-9-7-27(4)8-10-28)20(30)24-15-5-6-16-14(11-15)12-18(25-16)21(31)32/h5-6,11-12,17,25H,7-10,13H2,1-4H3,(H,24,30)(H,26,33)(H,31,32)/t17-/m0/s1. The summed E-state index contributed by atoms with van der Waals surface area (Å²) in [6.07, 6.45) is -1.02. The smallest absolute Gasteiger partial charge is 0.408 e. The van der Waals surface area contributed by atoms with Gasteiger partial charge in [-0.1, -0.05) is 0 Å². The summed E-state index contributed by atoms with van der Waals surface area (Å²) < 4.78 is 5.27. The first kappa shape index (κ1) is 25.0. The molecule has 1 aliphatic heterocycles. The highest BCUT2D eigenvalue weighted by molar-refractivity contribution is 6.01. The Morgan fingerprint density at radius 2 is 1.79 bits per heavy atom. The third-order valence-corrected chi connectivity index (χ3v) is 5.36. The van der Waals surface area contributed by atoms with Crippen LogP contribution in [-0.2, 0) is 14.3 Å². The fourth-order valence-electron chi connectivity index (χ4n) is 3.57. The lowest BCUT2D eigenvalue weighted by molar-refractivity contribution is -0.135. The number of nitrogens with one attached hydrogen (secondary N) is 3. The molecule has 0 aliphatic carbocycles. The van der Waals surface area contributed by atoms with Crippen LogP contribution in [0.1, 0.15) is 37.7 Å². The quantitative estimate of drug-likeness (QED) is 0.501. The minimum atomic E-state index is -1.15. The Morgan fingerprint density at radius 1 is 1.12 bits per heavy atom. The number of fused-ring (bicyclic) bond motifs is 1. The molecule has 184 valence electrons. The van der Waals surface area contributed by atoms with Crippen molar-refractivity contribution in [2.45, 2.75) is 38.8 Å². The largest absolute Gasteiger partial charge is 0.477 e. The highest BCUT2D eigenvalue weighted by atomic mass is 16.6. The molecule has 1 aromatic carbocycles. The average molecular weight is 474 g/mol. The second kappa shape index (κ2) is 10.1. The third kappa shape index (κ3) is 6.70. The van der Waals surface area contributed by atoms with Gasteiger partial charge in [-0.15, -0.1) is 0 Å². The van der Waals surface area contributed by atoms with Crippen molar-refractivity contribution in [3.05, 3.63) is 30.0 Å². The van der Waals surface area contributed by atoms with Gasteiger partial charge in [-0.2, -0.15) is 0 Å². The lowest BCUT2D eigenvalue weighted by Crippen LogP contribution is -2.51. The van der Waals surface area contributed by atoms with Gasteiger partial charge in [0.15, 0.2) is 0 Å². The molecule has 0 bridgehead atoms. The highest BCUT2D eigenvalue weighted by Crippen LogP contribution is 2.21. The molecule has 2 aromatic rings. The lowest BCUT2D eigenvalue weighted by atomic mass is 10.1. The predicted molar refractivity (Wildman–Crippen MR) is 126 cm³/mol. The zero-order chi connectivity index (χ0) is 25.0. The minimum absolute atomic E-state index is 0.0284. The van der Waals surface area contributed by atoms with E-state index < -0.39 is 29.6 Å². The molecule has 1 aromatic heterocycles. The van der Waals surface area contributed by atoms with Crippen LogP contribution >= 0.6 is 0 Å². The van der Waals surface area contributed by atoms with Crippen molar-refractivity contribution >= 4 is 40.5 Å². The Bertz CT molecular complexity index is 1080. The van der Waals surface area contributed by atoms with Crippen LogP contribution in [0.5, 0.6) is 0 Å². The van der Waals surface area contributed by atoms with Gasteiger partial charge in [-0.25, -0.2) is 9.59 Å². The number of alkyl carbamates (subject to hydrolysis) is 1. The van der Waals surface area contributed by atoms with Crippen molar-refractivity contribution in [2.24, 2.45) is 0 Å². The van der Waals surface area contributed by atoms with Gasteiger partial charge in [-0.3, -0.25) is 9.59 Å². The number of piperazine rings is 1. The normalized spacial score (nSPS) is 15.6. The Labute approximate surface area is 197 Å². The molecule has 11 heteroatoms. The average Bonchev–Trinajstić information content (AvgIpc) is 3.16. The number of carbonyl (C=O) groups is 4. The van der Waals surface area contributed by atoms with Crippen LogP contribution in [0.25, 0.3) is 10.9 Å². The van der Waals surface area contributed by atoms with Crippen molar-refractivity contribution in [1.29, 1.82) is 0 Å². The van der Waals surface area contributed by atoms with E-state index in [0.29, 0.717) is 29.7 Å². The number of hydrogen-bond acceptors (Lipinski definition) is 6. The number of anilines is 1. The van der Waals surface area contributed by atoms with E-state index in [1.165, 1.54) is 6.07 Å². The van der Waals surface area contributed by atoms with Gasteiger partial charge >= 0.3 is 12.1 Å². The highest BCUT2D eigenvalue weighted by Gasteiger charge is 2.29. The second-order valence-corrected chi connectivity index (χ2v) is 9.37. The van der Waals surface area contributed by atoms with E-state index >= 15 is 0 Å². The molecule has 0 saturated carbocycles. The van der Waals surface area contributed by atoms with Crippen LogP contribution in [0.3, 0.4) is 0 Å². The number of benzene rings is 1. The fourth-order valence-corrected chi connectivity index (χ4v) is 3.57. The number of aromatic amines is 1. The fraction of sp³-hybridized carbons (Fsp3) is 0.478. The molecular weight excluding hydrogens is 442 g/mol. The molecule has 2 heterocycles. The molecule has 1 atom stereocenters. The molecule has 0 radical (unpaired) electrons. The summed E-state index contributed by atoms with van der Waals surface area (Å²) in [4.78, 5) is 56.0. The van der Waals surface area contributed by atoms with Crippen LogP contribution in [0, 0.1) is 0 Å². The molecule has 4 N–H and O–H groups in total. The molecule has 0 unspecified atom stereocenters. The monoisotopic (exact) mass is 473 g/mol. The zero-order valence-electron chi connectivity index (χ0n) is 19.8. The number of carboxylic acid groups (broad SMARTS) is 1. The summed E-state index contributed by atoms with van der Waals surface area (Å²) in [6, 6.07) is 5.17. The number of aromatic nitrogens is 1. The zero-order valence-corrected chi connectivity index (χ0v) is 19.8. The van der Waals surface area contributed by atoms with Crippen LogP contribution < -0.4 is 10.6 Å². The maximum Gasteiger partial charge on any atom is 0.408 e. The van der Waals surface area contributed by atoms with Crippen molar-refractivity contribution in [1.82, 2.24) is 20.1 Å². The molecule has 3 rings (SSSR count). The Kier molecular flexibility index (Phi) is 7.45. The number of ether oxygens (including phenoxy) is 1. The van der Waals surface area contributed by atoms with Gasteiger partial charge in [0, 0.05) is 42.8 Å². The molecular formula is C23H31N5O6. The number of hydrogen-bond donors (Lipinski definition) is 4. The van der Waals surface area contributed by atoms with Crippen molar-refractivity contribution < 1.29 is 29.0 Å². The van der Waals surface area contributed by atoms with Crippen LogP contribution in [0.4, 0.5) is 10.5 Å². The maximum absolute atomic E-state index is 13.1. The number of carbonyl (C=O) groups excluding carboxylic acids is 3. The maximum atomic E-state index is 13.1. The summed E-state index contributed by atoms with van der Waals surface area (Å²) >= 11 is 0. The first-order valence-corrected chi connectivity index (χ1v) is 11.0. The summed E-state index contributed by atoms with van der Waals surface area (Å²) in [6.45, 7) is 7.67. The van der Waals surface area contributed by atoms with Crippen LogP contribution in [0.2, 0.25) is 0 Å². The van der Waals surface area contributed by atoms with Gasteiger partial charge in [0.2, 0.25) is 11.8 Å². The molecule has 3 amide bonds. The topological polar surface area (TPSA) is 144 Å². The van der Waals surface area contributed by atoms with E-state index in [9.17, 15) is 19.2 Å². The van der Waals surface area contributed by atoms with Gasteiger partial charge < -0.3 is 35.3 Å². The Hall–Kier alpha value is -3.60. The van der Waals surface area contributed by atoms with Gasteiger partial charge in [0.25, 0.3) is 0 Å². The Balaban J connectivity index is 1.74. The third-order valence-electron chi connectivity index (χ3n) is 5.36. The second-order valence-electron chi connectivity index (χ2n) is 9.37. The summed E-state index contributed by atoms with van der Waals surface area (Å²) in [5, 5.41) is 15.0. The van der Waals surface area contributed by atoms with Crippen molar-refractivity contribution in [2.75, 3.05) is 38.5 Å². The molecule has 34 heavy (non-hydrogen) atoms. The molecule has 1 saturated heterocycles. The van der Waals surface area contributed by atoms with Gasteiger partial charge in [0.05, 0.1) is 6.42 Å². The first-order valence-electron chi connectivity index (χ1n) is 11.0. The minimum Gasteiger partial charge on any atom is -0.477 e. The number of nitrogens with zero attached hydrogens (tertiary/aromatic N) is 2. The number of aromatic carboxylic acids is 1. The number of amides is 3. The molecule has 1 fully saturated rings. The van der Waals surface area contributed by atoms with E-state index in [2.05, 4.69) is 20.5 Å². The van der Waals surface area contributed by atoms with Gasteiger partial charge in [-0.05, 0) is 52.1 Å². The predicted octanol–water partition coefficient (Wildman–Crippen LogP) is 1.86. The van der Waals surface area contributed by atoms with E-state index in [-0.39, 0.29) is 18.0 Å². The number of likely N-dealkylation sites (N-methyl/N-ethyl adjacent to an activating group) is 1. The first-order chi connectivity index (χ1) is 15.9. The summed E-state index contributed by atoms with van der Waals surface area (Å²) in [7, 11) is 1.98. The van der Waals surface area contributed by atoms with E-state index in [4.69, 9.17) is 9.84 Å². The number of rotatable bonds is 6. The number of carboxylic acids is 1. The SMILES string of the molecule is CN1CCN(C(=O)C[C@H](NC(=O)OC(C)(C)C)C(=O)Nc2ccc3[nH]c(C(=O)O)cc3c2)CC1. The summed E-state index contributed by atoms with van der Waals surface area (Å²) in [5.41, 5.74) is 0.259. The lowest BCUT2D eigenvalue weighted by Gasteiger charge is -2.33. The Morgan fingerprint density at radius 3 is 2.41 bits per heavy atom. The van der Waals surface area contributed by atoms with Crippen LogP contribution in [-0.4, -0.2) is 88.6 Å². The van der Waals surface area contributed by atoms with Crippen molar-refractivity contribution in [3.8, 4) is 0 Å². The van der Waals surface area contributed by atoms with E-state index in [0.717, 1.165) is 13.1 Å². The molecule has 11 nitrogen and oxygen atoms in total. The molecule has 1 aliphatic rings. The summed E-state index contributed by atoms with van der Waals surface area (Å²) in [5.74, 6) is -1.91. The van der Waals surface area contributed by atoms with Crippen LogP contribution in [0.15, 0.2) is 24.3 Å². The molecule has 0 spiro atoms. The van der Waals surface area contributed by atoms with E-state index in [1.807, 2.05) is 7.05 Å². The van der Waals surface area contributed by atoms with Gasteiger partial charge in [0.1, 0.15) is 17.3 Å². The van der Waals surface area contributed by atoms with E-state index in [1.54, 1.807) is 43.9 Å².